The summed E-state index contributed by atoms with van der Waals surface area (Å²) in [4.78, 5) is 31.9. The van der Waals surface area contributed by atoms with E-state index in [0.29, 0.717) is 0 Å². The van der Waals surface area contributed by atoms with Crippen LogP contribution in [0.15, 0.2) is 0 Å². The van der Waals surface area contributed by atoms with Crippen molar-refractivity contribution in [1.82, 2.24) is 0 Å². The summed E-state index contributed by atoms with van der Waals surface area (Å²) in [6.45, 7) is 0. The Labute approximate surface area is 92.4 Å². The lowest BCUT2D eigenvalue weighted by molar-refractivity contribution is -0.139. The molecule has 0 spiro atoms. The molecule has 1 unspecified atom stereocenters. The number of hydrogen-bond acceptors (Lipinski definition) is 5. The predicted molar refractivity (Wildman–Crippen MR) is 54.7 cm³/mol. The van der Waals surface area contributed by atoms with Crippen molar-refractivity contribution in [3.8, 4) is 0 Å². The second-order valence-electron chi connectivity index (χ2n) is 3.51. The maximum absolute atomic E-state index is 11.2. The molecule has 6 N–H and O–H groups in total. The number of carboxylic acids is 2. The van der Waals surface area contributed by atoms with Crippen LogP contribution in [-0.4, -0.2) is 40.0 Å². The molecule has 0 fully saturated rings. The number of rotatable bonds is 8. The fraction of sp³-hybridized carbons (Fsp3) is 0.667. The molecule has 2 atom stereocenters. The molecular formula is C9H16N2O5. The van der Waals surface area contributed by atoms with E-state index in [1.165, 1.54) is 0 Å². The van der Waals surface area contributed by atoms with E-state index < -0.39 is 24.0 Å². The quantitative estimate of drug-likeness (QED) is 0.417. The Morgan fingerprint density at radius 1 is 0.875 bits per heavy atom. The molecule has 0 aromatic rings. The third kappa shape index (κ3) is 6.10. The summed E-state index contributed by atoms with van der Waals surface area (Å²) in [5.41, 5.74) is 10.4. The third-order valence-electron chi connectivity index (χ3n) is 2.10. The number of nitrogens with two attached hydrogens (primary N) is 2. The van der Waals surface area contributed by atoms with Gasteiger partial charge in [0.2, 0.25) is 0 Å². The monoisotopic (exact) mass is 232 g/mol. The van der Waals surface area contributed by atoms with Crippen molar-refractivity contribution in [2.75, 3.05) is 0 Å². The van der Waals surface area contributed by atoms with E-state index in [0.717, 1.165) is 0 Å². The number of ketones is 1. The van der Waals surface area contributed by atoms with Crippen LogP contribution in [0.5, 0.6) is 0 Å². The van der Waals surface area contributed by atoms with Crippen molar-refractivity contribution < 1.29 is 24.6 Å². The lowest BCUT2D eigenvalue weighted by Crippen LogP contribution is -2.32. The molecule has 0 radical (unpaired) electrons. The number of hydrogen-bond donors (Lipinski definition) is 4. The highest BCUT2D eigenvalue weighted by molar-refractivity contribution is 5.81. The van der Waals surface area contributed by atoms with Gasteiger partial charge in [-0.15, -0.1) is 0 Å². The highest BCUT2D eigenvalue weighted by Crippen LogP contribution is 2.03. The second-order valence-corrected chi connectivity index (χ2v) is 3.51. The minimum atomic E-state index is -1.16. The molecule has 0 heterocycles. The molecule has 0 aliphatic heterocycles. The van der Waals surface area contributed by atoms with E-state index in [1.807, 2.05) is 0 Å². The van der Waals surface area contributed by atoms with Crippen molar-refractivity contribution in [2.45, 2.75) is 37.8 Å². The van der Waals surface area contributed by atoms with Gasteiger partial charge in [0.25, 0.3) is 0 Å². The summed E-state index contributed by atoms with van der Waals surface area (Å²) in [5, 5.41) is 16.9. The zero-order valence-corrected chi connectivity index (χ0v) is 8.76. The minimum absolute atomic E-state index is 0.0276. The summed E-state index contributed by atoms with van der Waals surface area (Å²) in [6, 6.07) is -2.12. The smallest absolute Gasteiger partial charge is 0.320 e. The van der Waals surface area contributed by atoms with Crippen LogP contribution in [0.1, 0.15) is 25.7 Å². The second kappa shape index (κ2) is 6.91. The Morgan fingerprint density at radius 3 is 1.44 bits per heavy atom. The normalized spacial score (nSPS) is 14.1. The number of aliphatic carboxylic acids is 2. The van der Waals surface area contributed by atoms with Crippen molar-refractivity contribution in [3.05, 3.63) is 0 Å². The van der Waals surface area contributed by atoms with E-state index in [4.69, 9.17) is 21.7 Å². The molecule has 0 saturated heterocycles. The molecule has 0 bridgehead atoms. The molecule has 0 amide bonds. The molecule has 0 saturated carbocycles. The third-order valence-corrected chi connectivity index (χ3v) is 2.10. The van der Waals surface area contributed by atoms with Gasteiger partial charge in [-0.1, -0.05) is 0 Å². The summed E-state index contributed by atoms with van der Waals surface area (Å²) in [7, 11) is 0. The topological polar surface area (TPSA) is 144 Å². The highest BCUT2D eigenvalue weighted by atomic mass is 16.4. The zero-order valence-electron chi connectivity index (χ0n) is 8.76. The lowest BCUT2D eigenvalue weighted by Gasteiger charge is -2.07. The molecule has 0 aliphatic rings. The Bertz CT molecular complexity index is 253. The van der Waals surface area contributed by atoms with E-state index in [-0.39, 0.29) is 31.5 Å². The fourth-order valence-electron chi connectivity index (χ4n) is 1.00. The zero-order chi connectivity index (χ0) is 12.7. The van der Waals surface area contributed by atoms with E-state index in [9.17, 15) is 14.4 Å². The average molecular weight is 232 g/mol. The van der Waals surface area contributed by atoms with Gasteiger partial charge in [-0.3, -0.25) is 14.4 Å². The van der Waals surface area contributed by atoms with Crippen LogP contribution in [0.2, 0.25) is 0 Å². The summed E-state index contributed by atoms with van der Waals surface area (Å²) < 4.78 is 0. The van der Waals surface area contributed by atoms with E-state index >= 15 is 0 Å². The van der Waals surface area contributed by atoms with Crippen molar-refractivity contribution in [2.24, 2.45) is 11.5 Å². The van der Waals surface area contributed by atoms with Crippen LogP contribution in [-0.2, 0) is 14.4 Å². The van der Waals surface area contributed by atoms with Gasteiger partial charge < -0.3 is 21.7 Å². The number of Topliss-reactive ketones (excluding diaryl/α,β-unsaturated/α-hetero) is 1. The highest BCUT2D eigenvalue weighted by Gasteiger charge is 2.16. The Hall–Kier alpha value is -1.47. The van der Waals surface area contributed by atoms with Gasteiger partial charge in [0.15, 0.2) is 0 Å². The van der Waals surface area contributed by atoms with Gasteiger partial charge in [0.05, 0.1) is 0 Å². The summed E-state index contributed by atoms with van der Waals surface area (Å²) in [5.74, 6) is -2.54. The molecule has 7 heteroatoms. The summed E-state index contributed by atoms with van der Waals surface area (Å²) in [6.07, 6.45) is 0.159. The number of carboxylic acid groups (broad SMARTS) is 2. The van der Waals surface area contributed by atoms with Gasteiger partial charge in [0.1, 0.15) is 17.9 Å². The van der Waals surface area contributed by atoms with Gasteiger partial charge in [-0.2, -0.15) is 0 Å². The maximum Gasteiger partial charge on any atom is 0.320 e. The van der Waals surface area contributed by atoms with E-state index in [1.54, 1.807) is 0 Å². The Balaban J connectivity index is 3.75. The van der Waals surface area contributed by atoms with Crippen LogP contribution in [0.4, 0.5) is 0 Å². The average Bonchev–Trinajstić information content (AvgIpc) is 2.21. The van der Waals surface area contributed by atoms with Crippen molar-refractivity contribution in [3.63, 3.8) is 0 Å². The van der Waals surface area contributed by atoms with Gasteiger partial charge in [0, 0.05) is 12.8 Å². The van der Waals surface area contributed by atoms with Gasteiger partial charge >= 0.3 is 11.9 Å². The molecule has 16 heavy (non-hydrogen) atoms. The minimum Gasteiger partial charge on any atom is -0.480 e. The van der Waals surface area contributed by atoms with Gasteiger partial charge in [-0.05, 0) is 12.8 Å². The first-order chi connectivity index (χ1) is 7.34. The molecule has 7 nitrogen and oxygen atoms in total. The SMILES string of the molecule is NC(CCC(=O)CC[C@H](N)C(=O)O)C(=O)O. The standard InChI is InChI=1S/C9H16N2O5/c10-6(8(13)14)3-1-5(12)2-4-7(11)9(15)16/h6-7H,1-4,10-11H2,(H,13,14)(H,15,16)/t6-,7?/m0/s1. The first-order valence-electron chi connectivity index (χ1n) is 4.83. The Morgan fingerprint density at radius 2 is 1.19 bits per heavy atom. The first-order valence-corrected chi connectivity index (χ1v) is 4.83. The van der Waals surface area contributed by atoms with Gasteiger partial charge in [-0.25, -0.2) is 0 Å². The molecule has 92 valence electrons. The van der Waals surface area contributed by atoms with E-state index in [2.05, 4.69) is 0 Å². The van der Waals surface area contributed by atoms with Crippen molar-refractivity contribution >= 4 is 17.7 Å². The molecular weight excluding hydrogens is 216 g/mol. The largest absolute Gasteiger partial charge is 0.480 e. The predicted octanol–water partition coefficient (Wildman–Crippen LogP) is -1.06. The molecule has 0 aromatic heterocycles. The molecule has 0 aromatic carbocycles. The number of carbonyl (C=O) groups is 3. The fourth-order valence-corrected chi connectivity index (χ4v) is 1.00. The van der Waals surface area contributed by atoms with Crippen LogP contribution >= 0.6 is 0 Å². The van der Waals surface area contributed by atoms with Crippen LogP contribution in [0, 0.1) is 0 Å². The lowest BCUT2D eigenvalue weighted by atomic mass is 10.0. The van der Waals surface area contributed by atoms with Crippen molar-refractivity contribution in [1.29, 1.82) is 0 Å². The van der Waals surface area contributed by atoms with Crippen LogP contribution < -0.4 is 11.5 Å². The van der Waals surface area contributed by atoms with Crippen LogP contribution in [0.3, 0.4) is 0 Å². The van der Waals surface area contributed by atoms with Crippen LogP contribution in [0.25, 0.3) is 0 Å². The summed E-state index contributed by atoms with van der Waals surface area (Å²) >= 11 is 0. The maximum atomic E-state index is 11.2. The molecule has 0 aliphatic carbocycles. The molecule has 0 rings (SSSR count). The first kappa shape index (κ1) is 14.5. The Kier molecular flexibility index (Phi) is 6.28. The number of carbonyl (C=O) groups excluding carboxylic acids is 1.